The molecule has 2 rings (SSSR count). The van der Waals surface area contributed by atoms with E-state index in [9.17, 15) is 4.79 Å². The van der Waals surface area contributed by atoms with Gasteiger partial charge in [-0.05, 0) is 50.6 Å². The van der Waals surface area contributed by atoms with Crippen molar-refractivity contribution in [2.45, 2.75) is 25.3 Å². The molecule has 0 aromatic heterocycles. The smallest absolute Gasteiger partial charge is 0.238 e. The Labute approximate surface area is 125 Å². The van der Waals surface area contributed by atoms with E-state index in [4.69, 9.17) is 17.3 Å². The number of anilines is 1. The Bertz CT molecular complexity index is 466. The van der Waals surface area contributed by atoms with Crippen LogP contribution in [0.1, 0.15) is 19.3 Å². The van der Waals surface area contributed by atoms with Gasteiger partial charge in [0, 0.05) is 16.8 Å². The van der Waals surface area contributed by atoms with E-state index in [1.807, 2.05) is 19.2 Å². The average molecular weight is 296 g/mol. The summed E-state index contributed by atoms with van der Waals surface area (Å²) in [5.74, 6) is 0.497. The normalized spacial score (nSPS) is 22.2. The first-order valence-corrected chi connectivity index (χ1v) is 7.43. The average Bonchev–Trinajstić information content (AvgIpc) is 2.86. The maximum absolute atomic E-state index is 12.1. The first-order valence-electron chi connectivity index (χ1n) is 7.06. The number of hydrogen-bond donors (Lipinski definition) is 2. The van der Waals surface area contributed by atoms with Crippen LogP contribution in [-0.2, 0) is 4.79 Å². The fourth-order valence-corrected chi connectivity index (χ4v) is 3.17. The third-order valence-electron chi connectivity index (χ3n) is 3.99. The van der Waals surface area contributed by atoms with Gasteiger partial charge in [0.2, 0.25) is 5.91 Å². The van der Waals surface area contributed by atoms with Crippen LogP contribution in [0.5, 0.6) is 0 Å². The second-order valence-electron chi connectivity index (χ2n) is 5.47. The number of nitrogens with one attached hydrogen (secondary N) is 1. The minimum absolute atomic E-state index is 0.0163. The number of carbonyl (C=O) groups excluding carboxylic acids is 1. The van der Waals surface area contributed by atoms with Crippen LogP contribution in [-0.4, -0.2) is 37.0 Å². The largest absolute Gasteiger partial charge is 0.330 e. The number of benzene rings is 1. The Morgan fingerprint density at radius 3 is 3.00 bits per heavy atom. The molecule has 3 N–H and O–H groups in total. The van der Waals surface area contributed by atoms with Crippen LogP contribution in [0.4, 0.5) is 5.69 Å². The first-order chi connectivity index (χ1) is 9.60. The SMILES string of the molecule is CN(CC(=O)Nc1cccc(Cl)c1)C1CCCC1CN. The maximum Gasteiger partial charge on any atom is 0.238 e. The second kappa shape index (κ2) is 7.07. The monoisotopic (exact) mass is 295 g/mol. The Kier molecular flexibility index (Phi) is 5.40. The highest BCUT2D eigenvalue weighted by molar-refractivity contribution is 6.30. The summed E-state index contributed by atoms with van der Waals surface area (Å²) >= 11 is 5.90. The summed E-state index contributed by atoms with van der Waals surface area (Å²) in [6, 6.07) is 7.61. The number of nitrogens with zero attached hydrogens (tertiary/aromatic N) is 1. The van der Waals surface area contributed by atoms with Gasteiger partial charge >= 0.3 is 0 Å². The van der Waals surface area contributed by atoms with Crippen LogP contribution in [0.3, 0.4) is 0 Å². The predicted octanol–water partition coefficient (Wildman–Crippen LogP) is 2.34. The predicted molar refractivity (Wildman–Crippen MR) is 82.9 cm³/mol. The Hall–Kier alpha value is -1.10. The number of amides is 1. The van der Waals surface area contributed by atoms with Gasteiger partial charge in [0.05, 0.1) is 6.54 Å². The van der Waals surface area contributed by atoms with E-state index in [-0.39, 0.29) is 5.91 Å². The molecule has 1 saturated carbocycles. The van der Waals surface area contributed by atoms with Crippen molar-refractivity contribution in [2.75, 3.05) is 25.5 Å². The van der Waals surface area contributed by atoms with Gasteiger partial charge in [-0.25, -0.2) is 0 Å². The summed E-state index contributed by atoms with van der Waals surface area (Å²) in [6.07, 6.45) is 3.50. The van der Waals surface area contributed by atoms with Gasteiger partial charge in [-0.3, -0.25) is 9.69 Å². The fraction of sp³-hybridized carbons (Fsp3) is 0.533. The lowest BCUT2D eigenvalue weighted by atomic mass is 10.0. The van der Waals surface area contributed by atoms with Crippen molar-refractivity contribution in [1.82, 2.24) is 4.90 Å². The van der Waals surface area contributed by atoms with Crippen LogP contribution >= 0.6 is 11.6 Å². The summed E-state index contributed by atoms with van der Waals surface area (Å²) < 4.78 is 0. The highest BCUT2D eigenvalue weighted by Crippen LogP contribution is 2.28. The van der Waals surface area contributed by atoms with Crippen molar-refractivity contribution in [1.29, 1.82) is 0 Å². The highest BCUT2D eigenvalue weighted by Gasteiger charge is 2.29. The molecule has 110 valence electrons. The van der Waals surface area contributed by atoms with Gasteiger partial charge < -0.3 is 11.1 Å². The molecule has 5 heteroatoms. The van der Waals surface area contributed by atoms with E-state index in [0.717, 1.165) is 12.1 Å². The molecular weight excluding hydrogens is 274 g/mol. The maximum atomic E-state index is 12.1. The molecule has 1 amide bonds. The molecule has 1 aliphatic carbocycles. The quantitative estimate of drug-likeness (QED) is 0.876. The number of halogens is 1. The van der Waals surface area contributed by atoms with Gasteiger partial charge in [0.25, 0.3) is 0 Å². The molecule has 20 heavy (non-hydrogen) atoms. The molecule has 0 aliphatic heterocycles. The highest BCUT2D eigenvalue weighted by atomic mass is 35.5. The summed E-state index contributed by atoms with van der Waals surface area (Å²) in [5.41, 5.74) is 6.53. The first kappa shape index (κ1) is 15.3. The van der Waals surface area contributed by atoms with E-state index in [0.29, 0.717) is 30.1 Å². The molecule has 2 unspecified atom stereocenters. The molecule has 0 heterocycles. The fourth-order valence-electron chi connectivity index (χ4n) is 2.98. The lowest BCUT2D eigenvalue weighted by molar-refractivity contribution is -0.117. The van der Waals surface area contributed by atoms with E-state index >= 15 is 0 Å². The van der Waals surface area contributed by atoms with Gasteiger partial charge in [-0.15, -0.1) is 0 Å². The third kappa shape index (κ3) is 3.95. The van der Waals surface area contributed by atoms with Gasteiger partial charge in [-0.1, -0.05) is 24.1 Å². The van der Waals surface area contributed by atoms with Gasteiger partial charge in [0.1, 0.15) is 0 Å². The second-order valence-corrected chi connectivity index (χ2v) is 5.90. The zero-order chi connectivity index (χ0) is 14.5. The van der Waals surface area contributed by atoms with E-state index < -0.39 is 0 Å². The molecule has 0 bridgehead atoms. The number of hydrogen-bond acceptors (Lipinski definition) is 3. The Balaban J connectivity index is 1.88. The zero-order valence-electron chi connectivity index (χ0n) is 11.8. The van der Waals surface area contributed by atoms with Gasteiger partial charge in [0.15, 0.2) is 0 Å². The molecule has 1 aliphatic rings. The molecule has 2 atom stereocenters. The topological polar surface area (TPSA) is 58.4 Å². The Morgan fingerprint density at radius 1 is 1.50 bits per heavy atom. The summed E-state index contributed by atoms with van der Waals surface area (Å²) in [4.78, 5) is 14.2. The van der Waals surface area contributed by atoms with Crippen molar-refractivity contribution < 1.29 is 4.79 Å². The van der Waals surface area contributed by atoms with Crippen LogP contribution in [0.25, 0.3) is 0 Å². The van der Waals surface area contributed by atoms with Crippen LogP contribution in [0, 0.1) is 5.92 Å². The molecule has 1 aromatic carbocycles. The minimum atomic E-state index is -0.0163. The van der Waals surface area contributed by atoms with E-state index in [2.05, 4.69) is 10.2 Å². The molecule has 1 aromatic rings. The molecule has 1 fully saturated rings. The summed E-state index contributed by atoms with van der Waals surface area (Å²) in [6.45, 7) is 1.08. The van der Waals surface area contributed by atoms with Crippen LogP contribution < -0.4 is 11.1 Å². The summed E-state index contributed by atoms with van der Waals surface area (Å²) in [5, 5.41) is 3.49. The molecule has 0 spiro atoms. The molecule has 0 radical (unpaired) electrons. The lowest BCUT2D eigenvalue weighted by Crippen LogP contribution is -2.41. The number of likely N-dealkylation sites (N-methyl/N-ethyl adjacent to an activating group) is 1. The van der Waals surface area contributed by atoms with Crippen LogP contribution in [0.2, 0.25) is 5.02 Å². The standard InChI is InChI=1S/C15H22ClN3O/c1-19(14-7-2-4-11(14)9-17)10-15(20)18-13-6-3-5-12(16)8-13/h3,5-6,8,11,14H,2,4,7,9-10,17H2,1H3,(H,18,20). The minimum Gasteiger partial charge on any atom is -0.330 e. The van der Waals surface area contributed by atoms with Crippen molar-refractivity contribution in [3.8, 4) is 0 Å². The number of rotatable bonds is 5. The van der Waals surface area contributed by atoms with Gasteiger partial charge in [-0.2, -0.15) is 0 Å². The molecule has 4 nitrogen and oxygen atoms in total. The van der Waals surface area contributed by atoms with Crippen LogP contribution in [0.15, 0.2) is 24.3 Å². The zero-order valence-corrected chi connectivity index (χ0v) is 12.6. The van der Waals surface area contributed by atoms with Crippen molar-refractivity contribution in [3.05, 3.63) is 29.3 Å². The van der Waals surface area contributed by atoms with Crippen molar-refractivity contribution in [2.24, 2.45) is 11.7 Å². The van der Waals surface area contributed by atoms with Crippen molar-refractivity contribution in [3.63, 3.8) is 0 Å². The number of carbonyl (C=O) groups is 1. The van der Waals surface area contributed by atoms with E-state index in [1.165, 1.54) is 12.8 Å². The molecular formula is C15H22ClN3O. The lowest BCUT2D eigenvalue weighted by Gasteiger charge is -2.28. The van der Waals surface area contributed by atoms with E-state index in [1.54, 1.807) is 12.1 Å². The summed E-state index contributed by atoms with van der Waals surface area (Å²) in [7, 11) is 2.00. The Morgan fingerprint density at radius 2 is 2.30 bits per heavy atom. The third-order valence-corrected chi connectivity index (χ3v) is 4.22. The van der Waals surface area contributed by atoms with Crippen molar-refractivity contribution >= 4 is 23.2 Å². The number of nitrogens with two attached hydrogens (primary N) is 1. The molecule has 0 saturated heterocycles.